The van der Waals surface area contributed by atoms with E-state index >= 15 is 0 Å². The van der Waals surface area contributed by atoms with Crippen molar-refractivity contribution in [3.05, 3.63) is 20.8 Å². The van der Waals surface area contributed by atoms with Gasteiger partial charge >= 0.3 is 0 Å². The van der Waals surface area contributed by atoms with Crippen molar-refractivity contribution < 1.29 is 0 Å². The van der Waals surface area contributed by atoms with Crippen LogP contribution in [0.1, 0.15) is 31.1 Å². The molecule has 0 aliphatic rings. The van der Waals surface area contributed by atoms with E-state index in [0.29, 0.717) is 6.04 Å². The molecule has 1 nitrogen and oxygen atoms in total. The normalized spacial score (nSPS) is 13.2. The Morgan fingerprint density at radius 1 is 1.54 bits per heavy atom. The van der Waals surface area contributed by atoms with Gasteiger partial charge in [0.05, 0.1) is 0 Å². The van der Waals surface area contributed by atoms with Crippen molar-refractivity contribution in [2.24, 2.45) is 5.73 Å². The summed E-state index contributed by atoms with van der Waals surface area (Å²) in [5.74, 6) is 0. The molecule has 0 bridgehead atoms. The lowest BCUT2D eigenvalue weighted by Crippen LogP contribution is -2.19. The Labute approximate surface area is 92.5 Å². The third-order valence-corrected chi connectivity index (χ3v) is 4.08. The molecule has 74 valence electrons. The van der Waals surface area contributed by atoms with E-state index in [1.165, 1.54) is 15.8 Å². The van der Waals surface area contributed by atoms with Crippen LogP contribution < -0.4 is 5.73 Å². The fraction of sp³-hybridized carbons (Fsp3) is 0.600. The van der Waals surface area contributed by atoms with Gasteiger partial charge in [-0.05, 0) is 46.6 Å². The zero-order chi connectivity index (χ0) is 9.68. The quantitative estimate of drug-likeness (QED) is 0.862. The van der Waals surface area contributed by atoms with Gasteiger partial charge in [-0.3, -0.25) is 0 Å². The van der Waals surface area contributed by atoms with E-state index in [4.69, 9.17) is 5.73 Å². The average Bonchev–Trinajstić information content (AvgIpc) is 2.48. The fourth-order valence-corrected chi connectivity index (χ4v) is 2.91. The number of halogens is 1. The summed E-state index contributed by atoms with van der Waals surface area (Å²) in [4.78, 5) is 1.42. The average molecular weight is 262 g/mol. The Bertz CT molecular complexity index is 247. The molecular weight excluding hydrogens is 246 g/mol. The van der Waals surface area contributed by atoms with E-state index in [0.717, 1.165) is 19.3 Å². The highest BCUT2D eigenvalue weighted by Crippen LogP contribution is 2.24. The van der Waals surface area contributed by atoms with Gasteiger partial charge in [0.2, 0.25) is 0 Å². The molecule has 0 fully saturated rings. The van der Waals surface area contributed by atoms with Gasteiger partial charge in [-0.2, -0.15) is 0 Å². The van der Waals surface area contributed by atoms with Crippen molar-refractivity contribution in [3.63, 3.8) is 0 Å². The Balaban J connectivity index is 2.30. The zero-order valence-corrected chi connectivity index (χ0v) is 10.3. The summed E-state index contributed by atoms with van der Waals surface area (Å²) >= 11 is 5.33. The van der Waals surface area contributed by atoms with Gasteiger partial charge in [0.25, 0.3) is 0 Å². The summed E-state index contributed by atoms with van der Waals surface area (Å²) in [6.07, 6.45) is 4.54. The third kappa shape index (κ3) is 3.79. The van der Waals surface area contributed by atoms with E-state index in [9.17, 15) is 0 Å². The molecule has 0 aliphatic heterocycles. The summed E-state index contributed by atoms with van der Waals surface area (Å²) < 4.78 is 1.24. The van der Waals surface area contributed by atoms with Crippen LogP contribution in [0.3, 0.4) is 0 Å². The van der Waals surface area contributed by atoms with E-state index in [-0.39, 0.29) is 0 Å². The number of rotatable bonds is 5. The lowest BCUT2D eigenvalue weighted by molar-refractivity contribution is 0.562. The molecule has 0 aliphatic carbocycles. The van der Waals surface area contributed by atoms with E-state index in [1.54, 1.807) is 0 Å². The monoisotopic (exact) mass is 261 g/mol. The first-order valence-electron chi connectivity index (χ1n) is 4.71. The van der Waals surface area contributed by atoms with Crippen LogP contribution in [0.15, 0.2) is 15.9 Å². The molecule has 0 aromatic carbocycles. The minimum absolute atomic E-state index is 0.374. The van der Waals surface area contributed by atoms with Crippen LogP contribution in [0.2, 0.25) is 0 Å². The molecule has 2 N–H and O–H groups in total. The second-order valence-electron chi connectivity index (χ2n) is 3.28. The number of hydrogen-bond donors (Lipinski definition) is 1. The maximum absolute atomic E-state index is 5.94. The van der Waals surface area contributed by atoms with Crippen molar-refractivity contribution in [2.45, 2.75) is 38.6 Å². The van der Waals surface area contributed by atoms with Crippen LogP contribution in [0, 0.1) is 0 Å². The molecule has 1 atom stereocenters. The van der Waals surface area contributed by atoms with Crippen LogP contribution in [-0.4, -0.2) is 6.04 Å². The molecule has 0 radical (unpaired) electrons. The third-order valence-electron chi connectivity index (χ3n) is 2.09. The molecule has 1 unspecified atom stereocenters. The summed E-state index contributed by atoms with van der Waals surface area (Å²) in [5, 5.41) is 2.12. The Hall–Kier alpha value is 0.140. The predicted molar refractivity (Wildman–Crippen MR) is 63.2 cm³/mol. The minimum atomic E-state index is 0.374. The summed E-state index contributed by atoms with van der Waals surface area (Å²) in [6.45, 7) is 2.18. The van der Waals surface area contributed by atoms with Gasteiger partial charge in [-0.15, -0.1) is 11.3 Å². The summed E-state index contributed by atoms with van der Waals surface area (Å²) in [5.41, 5.74) is 5.94. The molecule has 0 amide bonds. The number of nitrogens with two attached hydrogens (primary N) is 1. The van der Waals surface area contributed by atoms with Crippen LogP contribution in [0.4, 0.5) is 0 Å². The molecular formula is C10H16BrNS. The van der Waals surface area contributed by atoms with Crippen LogP contribution in [-0.2, 0) is 6.42 Å². The molecule has 1 rings (SSSR count). The molecule has 13 heavy (non-hydrogen) atoms. The molecule has 1 aromatic rings. The van der Waals surface area contributed by atoms with Crippen molar-refractivity contribution >= 4 is 27.3 Å². The SMILES string of the molecule is CCCC(N)CCc1sccc1Br. The highest BCUT2D eigenvalue weighted by molar-refractivity contribution is 9.10. The smallest absolute Gasteiger partial charge is 0.0314 e. The highest BCUT2D eigenvalue weighted by Gasteiger charge is 2.05. The summed E-state index contributed by atoms with van der Waals surface area (Å²) in [7, 11) is 0. The Morgan fingerprint density at radius 3 is 2.85 bits per heavy atom. The molecule has 1 heterocycles. The molecule has 3 heteroatoms. The Kier molecular flexibility index (Phi) is 4.99. The first-order valence-corrected chi connectivity index (χ1v) is 6.38. The second kappa shape index (κ2) is 5.78. The highest BCUT2D eigenvalue weighted by atomic mass is 79.9. The van der Waals surface area contributed by atoms with Gasteiger partial charge in [-0.1, -0.05) is 13.3 Å². The second-order valence-corrected chi connectivity index (χ2v) is 5.13. The minimum Gasteiger partial charge on any atom is -0.328 e. The molecule has 0 saturated carbocycles. The van der Waals surface area contributed by atoms with Gasteiger partial charge in [0, 0.05) is 15.4 Å². The van der Waals surface area contributed by atoms with E-state index in [1.807, 2.05) is 11.3 Å². The largest absolute Gasteiger partial charge is 0.328 e. The maximum atomic E-state index is 5.94. The standard InChI is InChI=1S/C10H16BrNS/c1-2-3-8(12)4-5-10-9(11)6-7-13-10/h6-8H,2-5,12H2,1H3. The van der Waals surface area contributed by atoms with Crippen molar-refractivity contribution in [1.82, 2.24) is 0 Å². The number of aryl methyl sites for hydroxylation is 1. The number of hydrogen-bond acceptors (Lipinski definition) is 2. The Morgan fingerprint density at radius 2 is 2.31 bits per heavy atom. The lowest BCUT2D eigenvalue weighted by Gasteiger charge is -2.08. The topological polar surface area (TPSA) is 26.0 Å². The van der Waals surface area contributed by atoms with E-state index in [2.05, 4.69) is 34.3 Å². The fourth-order valence-electron chi connectivity index (χ4n) is 1.34. The van der Waals surface area contributed by atoms with Crippen molar-refractivity contribution in [1.29, 1.82) is 0 Å². The van der Waals surface area contributed by atoms with Crippen molar-refractivity contribution in [2.75, 3.05) is 0 Å². The molecule has 1 aromatic heterocycles. The lowest BCUT2D eigenvalue weighted by atomic mass is 10.1. The zero-order valence-electron chi connectivity index (χ0n) is 7.92. The van der Waals surface area contributed by atoms with Gasteiger partial charge in [0.15, 0.2) is 0 Å². The molecule has 0 spiro atoms. The van der Waals surface area contributed by atoms with Gasteiger partial charge in [0.1, 0.15) is 0 Å². The van der Waals surface area contributed by atoms with Crippen LogP contribution >= 0.6 is 27.3 Å². The van der Waals surface area contributed by atoms with Crippen molar-refractivity contribution in [3.8, 4) is 0 Å². The first-order chi connectivity index (χ1) is 6.24. The van der Waals surface area contributed by atoms with Crippen LogP contribution in [0.5, 0.6) is 0 Å². The van der Waals surface area contributed by atoms with Gasteiger partial charge in [-0.25, -0.2) is 0 Å². The maximum Gasteiger partial charge on any atom is 0.0314 e. The summed E-state index contributed by atoms with van der Waals surface area (Å²) in [6, 6.07) is 2.48. The van der Waals surface area contributed by atoms with Gasteiger partial charge < -0.3 is 5.73 Å². The van der Waals surface area contributed by atoms with E-state index < -0.39 is 0 Å². The first kappa shape index (κ1) is 11.2. The predicted octanol–water partition coefficient (Wildman–Crippen LogP) is 3.57. The molecule has 0 saturated heterocycles. The van der Waals surface area contributed by atoms with Crippen LogP contribution in [0.25, 0.3) is 0 Å². The number of thiophene rings is 1.